The highest BCUT2D eigenvalue weighted by atomic mass is 31.2. The average molecular weight is 571 g/mol. The lowest BCUT2D eigenvalue weighted by Gasteiger charge is -2.24. The van der Waals surface area contributed by atoms with Crippen LogP contribution in [0, 0.1) is 0 Å². The second kappa shape index (κ2) is 22.4. The average Bonchev–Trinajstić information content (AvgIpc) is 2.90. The zero-order valence-corrected chi connectivity index (χ0v) is 26.4. The number of carbonyl (C=O) groups is 1. The van der Waals surface area contributed by atoms with Crippen molar-refractivity contribution in [3.8, 4) is 5.75 Å². The summed E-state index contributed by atoms with van der Waals surface area (Å²) in [4.78, 5) is 22.0. The number of hydrogen-bond donors (Lipinski definition) is 1. The van der Waals surface area contributed by atoms with E-state index in [0.717, 1.165) is 29.6 Å². The summed E-state index contributed by atoms with van der Waals surface area (Å²) in [6.45, 7) is 5.53. The molecule has 0 aliphatic rings. The molecular formula is C31H57NO6P+. The first kappa shape index (κ1) is 35.8. The number of nitrogens with zero attached hydrogens (tertiary/aromatic N) is 1. The third-order valence-corrected chi connectivity index (χ3v) is 7.31. The summed E-state index contributed by atoms with van der Waals surface area (Å²) >= 11 is 0. The first-order valence-corrected chi connectivity index (χ1v) is 16.3. The molecule has 0 aliphatic heterocycles. The van der Waals surface area contributed by atoms with E-state index < -0.39 is 14.7 Å². The molecule has 0 saturated carbocycles. The number of hydrogen-bond acceptors (Lipinski definition) is 6. The molecule has 0 spiro atoms. The SMILES string of the molecule is CCCCCCCCCCCCCc1cccc(OCC(COP(O)OCCC[N+](C)(C)C)OC(=O)CC)c1. The molecule has 0 fully saturated rings. The number of unbranched alkanes of at least 4 members (excludes halogenated alkanes) is 10. The molecule has 0 radical (unpaired) electrons. The van der Waals surface area contributed by atoms with Gasteiger partial charge in [0, 0.05) is 12.8 Å². The van der Waals surface area contributed by atoms with Crippen molar-refractivity contribution in [3.63, 3.8) is 0 Å². The third kappa shape index (κ3) is 21.2. The lowest BCUT2D eigenvalue weighted by atomic mass is 10.0. The molecule has 1 rings (SSSR count). The van der Waals surface area contributed by atoms with Gasteiger partial charge in [-0.05, 0) is 30.5 Å². The predicted octanol–water partition coefficient (Wildman–Crippen LogP) is 7.59. The van der Waals surface area contributed by atoms with Crippen molar-refractivity contribution in [2.24, 2.45) is 0 Å². The largest absolute Gasteiger partial charge is 0.490 e. The minimum Gasteiger partial charge on any atom is -0.490 e. The lowest BCUT2D eigenvalue weighted by molar-refractivity contribution is -0.870. The maximum Gasteiger partial charge on any atom is 0.329 e. The van der Waals surface area contributed by atoms with Gasteiger partial charge in [-0.3, -0.25) is 4.79 Å². The number of aryl methyl sites for hydroxylation is 1. The normalized spacial score (nSPS) is 13.3. The third-order valence-electron chi connectivity index (χ3n) is 6.54. The molecular weight excluding hydrogens is 513 g/mol. The first-order chi connectivity index (χ1) is 18.7. The fourth-order valence-corrected chi connectivity index (χ4v) is 4.88. The van der Waals surface area contributed by atoms with Gasteiger partial charge in [0.15, 0.2) is 6.10 Å². The fourth-order valence-electron chi connectivity index (χ4n) is 4.22. The van der Waals surface area contributed by atoms with Crippen molar-refractivity contribution in [1.82, 2.24) is 0 Å². The summed E-state index contributed by atoms with van der Waals surface area (Å²) in [6, 6.07) is 8.12. The van der Waals surface area contributed by atoms with Crippen LogP contribution in [-0.2, 0) is 25.0 Å². The van der Waals surface area contributed by atoms with E-state index in [-0.39, 0.29) is 25.6 Å². The van der Waals surface area contributed by atoms with E-state index in [1.54, 1.807) is 6.92 Å². The fraction of sp³-hybridized carbons (Fsp3) is 0.774. The zero-order chi connectivity index (χ0) is 28.8. The van der Waals surface area contributed by atoms with E-state index in [4.69, 9.17) is 18.5 Å². The van der Waals surface area contributed by atoms with Gasteiger partial charge in [-0.15, -0.1) is 0 Å². The number of quaternary nitrogens is 1. The maximum absolute atomic E-state index is 11.9. The summed E-state index contributed by atoms with van der Waals surface area (Å²) in [7, 11) is 4.30. The van der Waals surface area contributed by atoms with Gasteiger partial charge in [-0.1, -0.05) is 90.2 Å². The van der Waals surface area contributed by atoms with Gasteiger partial charge in [-0.2, -0.15) is 0 Å². The molecule has 0 amide bonds. The van der Waals surface area contributed by atoms with E-state index in [1.807, 2.05) is 12.1 Å². The van der Waals surface area contributed by atoms with E-state index in [0.29, 0.717) is 6.61 Å². The van der Waals surface area contributed by atoms with Crippen LogP contribution in [0.5, 0.6) is 5.75 Å². The minimum absolute atomic E-state index is 0.0156. The van der Waals surface area contributed by atoms with Crippen molar-refractivity contribution < 1.29 is 32.7 Å². The van der Waals surface area contributed by atoms with Crippen LogP contribution in [0.2, 0.25) is 0 Å². The van der Waals surface area contributed by atoms with Crippen molar-refractivity contribution in [2.75, 3.05) is 47.5 Å². The van der Waals surface area contributed by atoms with Crippen molar-refractivity contribution >= 4 is 14.6 Å². The summed E-state index contributed by atoms with van der Waals surface area (Å²) in [5.74, 6) is 0.416. The molecule has 1 aromatic rings. The summed E-state index contributed by atoms with van der Waals surface area (Å²) in [6.07, 6.45) is 16.2. The molecule has 0 bridgehead atoms. The van der Waals surface area contributed by atoms with Crippen molar-refractivity contribution in [2.45, 2.75) is 110 Å². The van der Waals surface area contributed by atoms with Crippen molar-refractivity contribution in [1.29, 1.82) is 0 Å². The van der Waals surface area contributed by atoms with E-state index in [9.17, 15) is 9.69 Å². The summed E-state index contributed by atoms with van der Waals surface area (Å²) in [5, 5.41) is 0. The van der Waals surface area contributed by atoms with Crippen LogP contribution >= 0.6 is 8.60 Å². The van der Waals surface area contributed by atoms with Gasteiger partial charge in [0.1, 0.15) is 12.4 Å². The number of rotatable bonds is 25. The monoisotopic (exact) mass is 570 g/mol. The predicted molar refractivity (Wildman–Crippen MR) is 161 cm³/mol. The molecule has 8 heteroatoms. The Morgan fingerprint density at radius 3 is 2.13 bits per heavy atom. The summed E-state index contributed by atoms with van der Waals surface area (Å²) < 4.78 is 23.1. The van der Waals surface area contributed by atoms with Gasteiger partial charge < -0.3 is 27.9 Å². The minimum atomic E-state index is -2.03. The van der Waals surface area contributed by atoms with Crippen molar-refractivity contribution in [3.05, 3.63) is 29.8 Å². The molecule has 0 heterocycles. The Morgan fingerprint density at radius 1 is 0.872 bits per heavy atom. The maximum atomic E-state index is 11.9. The van der Waals surface area contributed by atoms with Crippen LogP contribution in [0.15, 0.2) is 24.3 Å². The highest BCUT2D eigenvalue weighted by Gasteiger charge is 2.19. The Hall–Kier alpha value is -1.24. The molecule has 1 aromatic carbocycles. The highest BCUT2D eigenvalue weighted by molar-refractivity contribution is 7.40. The van der Waals surface area contributed by atoms with E-state index in [1.165, 1.54) is 76.2 Å². The second-order valence-electron chi connectivity index (χ2n) is 11.4. The topological polar surface area (TPSA) is 74.2 Å². The van der Waals surface area contributed by atoms with E-state index in [2.05, 4.69) is 40.2 Å². The molecule has 0 aliphatic carbocycles. The molecule has 7 nitrogen and oxygen atoms in total. The number of ether oxygens (including phenoxy) is 2. The molecule has 226 valence electrons. The Kier molecular flexibility index (Phi) is 20.6. The van der Waals surface area contributed by atoms with Crippen LogP contribution in [0.25, 0.3) is 0 Å². The first-order valence-electron chi connectivity index (χ1n) is 15.2. The zero-order valence-electron chi connectivity index (χ0n) is 25.5. The molecule has 2 unspecified atom stereocenters. The molecule has 1 N–H and O–H groups in total. The smallest absolute Gasteiger partial charge is 0.329 e. The Bertz CT molecular complexity index is 742. The summed E-state index contributed by atoms with van der Waals surface area (Å²) in [5.41, 5.74) is 1.25. The Labute approximate surface area is 240 Å². The van der Waals surface area contributed by atoms with Crippen LogP contribution in [0.1, 0.15) is 103 Å². The molecule has 2 atom stereocenters. The molecule has 0 aromatic heterocycles. The second-order valence-corrected chi connectivity index (χ2v) is 12.4. The standard InChI is InChI=1S/C31H57NO6P/c1-6-8-9-10-11-12-13-14-15-16-17-20-28-21-18-22-29(25-28)35-26-30(38-31(33)7-2)27-37-39(34)36-24-19-23-32(3,4)5/h18,21-22,25,30,34H,6-17,19-20,23-24,26-27H2,1-5H3/q+1. The van der Waals surface area contributed by atoms with Gasteiger partial charge >= 0.3 is 14.6 Å². The molecule has 39 heavy (non-hydrogen) atoms. The molecule has 0 saturated heterocycles. The van der Waals surface area contributed by atoms with Crippen LogP contribution in [0.4, 0.5) is 0 Å². The van der Waals surface area contributed by atoms with E-state index >= 15 is 0 Å². The lowest BCUT2D eigenvalue weighted by Crippen LogP contribution is -2.35. The van der Waals surface area contributed by atoms with Gasteiger partial charge in [0.2, 0.25) is 0 Å². The van der Waals surface area contributed by atoms with Gasteiger partial charge in [-0.25, -0.2) is 0 Å². The quantitative estimate of drug-likeness (QED) is 0.0565. The van der Waals surface area contributed by atoms with Crippen LogP contribution in [0.3, 0.4) is 0 Å². The number of benzene rings is 1. The van der Waals surface area contributed by atoms with Crippen LogP contribution in [-0.4, -0.2) is 69.0 Å². The number of esters is 1. The van der Waals surface area contributed by atoms with Crippen LogP contribution < -0.4 is 4.74 Å². The Balaban J connectivity index is 2.33. The van der Waals surface area contributed by atoms with Gasteiger partial charge in [0.25, 0.3) is 0 Å². The van der Waals surface area contributed by atoms with Gasteiger partial charge in [0.05, 0.1) is 40.9 Å². The highest BCUT2D eigenvalue weighted by Crippen LogP contribution is 2.33. The number of carbonyl (C=O) groups excluding carboxylic acids is 1. The Morgan fingerprint density at radius 2 is 1.51 bits per heavy atom.